The minimum Gasteiger partial charge on any atom is -0.494 e. The van der Waals surface area contributed by atoms with Crippen LogP contribution in [0.25, 0.3) is 0 Å². The molecule has 156 valence electrons. The summed E-state index contributed by atoms with van der Waals surface area (Å²) in [6.07, 6.45) is 1.06. The van der Waals surface area contributed by atoms with E-state index in [4.69, 9.17) is 14.2 Å². The van der Waals surface area contributed by atoms with Crippen LogP contribution in [0.2, 0.25) is 0 Å². The van der Waals surface area contributed by atoms with Gasteiger partial charge in [-0.1, -0.05) is 0 Å². The molecule has 3 rings (SSSR count). The minimum absolute atomic E-state index is 0.325. The lowest BCUT2D eigenvalue weighted by Gasteiger charge is -2.29. The van der Waals surface area contributed by atoms with Crippen molar-refractivity contribution < 1.29 is 27.4 Å². The molecule has 8 nitrogen and oxygen atoms in total. The van der Waals surface area contributed by atoms with Crippen molar-refractivity contribution in [1.29, 1.82) is 0 Å². The molecule has 0 aromatic heterocycles. The van der Waals surface area contributed by atoms with E-state index < -0.39 is 22.0 Å². The molecule has 2 aromatic carbocycles. The summed E-state index contributed by atoms with van der Waals surface area (Å²) in [7, 11) is -3.74. The van der Waals surface area contributed by atoms with Crippen LogP contribution in [-0.4, -0.2) is 46.4 Å². The SMILES string of the molecule is CCOc1ccc(NC(=O)[C@@H](C)N(c2ccc3c(c2)OCCO3)S(C)(=O)=O)cc1. The van der Waals surface area contributed by atoms with E-state index in [0.29, 0.717) is 48.4 Å². The lowest BCUT2D eigenvalue weighted by molar-refractivity contribution is -0.116. The molecule has 0 saturated carbocycles. The highest BCUT2D eigenvalue weighted by molar-refractivity contribution is 7.92. The fourth-order valence-corrected chi connectivity index (χ4v) is 4.19. The Hall–Kier alpha value is -2.94. The monoisotopic (exact) mass is 420 g/mol. The van der Waals surface area contributed by atoms with Gasteiger partial charge in [-0.15, -0.1) is 0 Å². The first kappa shape index (κ1) is 20.8. The van der Waals surface area contributed by atoms with Gasteiger partial charge in [-0.05, 0) is 50.2 Å². The Labute approximate surface area is 170 Å². The number of carbonyl (C=O) groups excluding carboxylic acids is 1. The third-order valence-corrected chi connectivity index (χ3v) is 5.54. The Morgan fingerprint density at radius 3 is 2.41 bits per heavy atom. The third kappa shape index (κ3) is 4.92. The van der Waals surface area contributed by atoms with Crippen LogP contribution in [-0.2, 0) is 14.8 Å². The molecule has 0 fully saturated rings. The summed E-state index contributed by atoms with van der Waals surface area (Å²) in [6, 6.07) is 10.7. The molecule has 0 bridgehead atoms. The molecule has 9 heteroatoms. The van der Waals surface area contributed by atoms with Crippen LogP contribution in [0, 0.1) is 0 Å². The molecular formula is C20H24N2O6S. The zero-order chi connectivity index (χ0) is 21.0. The van der Waals surface area contributed by atoms with E-state index in [2.05, 4.69) is 5.32 Å². The van der Waals surface area contributed by atoms with Crippen molar-refractivity contribution in [2.24, 2.45) is 0 Å². The predicted molar refractivity (Wildman–Crippen MR) is 110 cm³/mol. The van der Waals surface area contributed by atoms with E-state index >= 15 is 0 Å². The number of anilines is 2. The summed E-state index contributed by atoms with van der Waals surface area (Å²) in [5.41, 5.74) is 0.868. The lowest BCUT2D eigenvalue weighted by atomic mass is 10.2. The van der Waals surface area contributed by atoms with Gasteiger partial charge < -0.3 is 19.5 Å². The van der Waals surface area contributed by atoms with Crippen molar-refractivity contribution in [3.05, 3.63) is 42.5 Å². The van der Waals surface area contributed by atoms with Crippen LogP contribution in [0.1, 0.15) is 13.8 Å². The van der Waals surface area contributed by atoms with Crippen molar-refractivity contribution >= 4 is 27.3 Å². The van der Waals surface area contributed by atoms with Crippen LogP contribution in [0.15, 0.2) is 42.5 Å². The van der Waals surface area contributed by atoms with Gasteiger partial charge in [0.1, 0.15) is 25.0 Å². The van der Waals surface area contributed by atoms with Crippen LogP contribution >= 0.6 is 0 Å². The number of sulfonamides is 1. The smallest absolute Gasteiger partial charge is 0.247 e. The molecule has 0 saturated heterocycles. The van der Waals surface area contributed by atoms with Gasteiger partial charge in [-0.25, -0.2) is 8.42 Å². The molecule has 1 aliphatic heterocycles. The predicted octanol–water partition coefficient (Wildman–Crippen LogP) is 2.65. The highest BCUT2D eigenvalue weighted by Crippen LogP contribution is 2.35. The highest BCUT2D eigenvalue weighted by Gasteiger charge is 2.30. The van der Waals surface area contributed by atoms with Crippen LogP contribution in [0.4, 0.5) is 11.4 Å². The molecule has 0 spiro atoms. The van der Waals surface area contributed by atoms with Crippen LogP contribution < -0.4 is 23.8 Å². The fourth-order valence-electron chi connectivity index (χ4n) is 3.03. The van der Waals surface area contributed by atoms with E-state index in [1.54, 1.807) is 42.5 Å². The maximum atomic E-state index is 12.8. The number of rotatable bonds is 7. The van der Waals surface area contributed by atoms with E-state index in [0.717, 1.165) is 10.6 Å². The summed E-state index contributed by atoms with van der Waals surface area (Å²) < 4.78 is 42.4. The van der Waals surface area contributed by atoms with Gasteiger partial charge in [0.2, 0.25) is 15.9 Å². The first-order chi connectivity index (χ1) is 13.8. The largest absolute Gasteiger partial charge is 0.494 e. The molecule has 2 aromatic rings. The number of carbonyl (C=O) groups is 1. The molecule has 0 unspecified atom stereocenters. The van der Waals surface area contributed by atoms with Crippen molar-refractivity contribution in [2.45, 2.75) is 19.9 Å². The molecule has 1 amide bonds. The first-order valence-electron chi connectivity index (χ1n) is 9.22. The van der Waals surface area contributed by atoms with Gasteiger partial charge in [0.15, 0.2) is 11.5 Å². The molecule has 1 heterocycles. The topological polar surface area (TPSA) is 94.2 Å². The number of benzene rings is 2. The maximum absolute atomic E-state index is 12.8. The summed E-state index contributed by atoms with van der Waals surface area (Å²) in [4.78, 5) is 12.8. The van der Waals surface area contributed by atoms with Gasteiger partial charge >= 0.3 is 0 Å². The maximum Gasteiger partial charge on any atom is 0.247 e. The Morgan fingerprint density at radius 2 is 1.79 bits per heavy atom. The van der Waals surface area contributed by atoms with Crippen LogP contribution in [0.3, 0.4) is 0 Å². The summed E-state index contributed by atoms with van der Waals surface area (Å²) in [5, 5.41) is 2.74. The van der Waals surface area contributed by atoms with Crippen molar-refractivity contribution in [3.8, 4) is 17.2 Å². The van der Waals surface area contributed by atoms with Gasteiger partial charge in [0.05, 0.1) is 18.6 Å². The van der Waals surface area contributed by atoms with E-state index in [1.807, 2.05) is 6.92 Å². The molecule has 1 aliphatic rings. The number of hydrogen-bond acceptors (Lipinski definition) is 6. The molecule has 1 atom stereocenters. The van der Waals surface area contributed by atoms with Gasteiger partial charge in [-0.2, -0.15) is 0 Å². The zero-order valence-electron chi connectivity index (χ0n) is 16.5. The first-order valence-corrected chi connectivity index (χ1v) is 11.1. The number of amides is 1. The quantitative estimate of drug-likeness (QED) is 0.740. The van der Waals surface area contributed by atoms with Crippen molar-refractivity contribution in [2.75, 3.05) is 35.7 Å². The van der Waals surface area contributed by atoms with Gasteiger partial charge in [0, 0.05) is 11.8 Å². The lowest BCUT2D eigenvalue weighted by Crippen LogP contribution is -2.45. The number of nitrogens with zero attached hydrogens (tertiary/aromatic N) is 1. The number of nitrogens with one attached hydrogen (secondary N) is 1. The Balaban J connectivity index is 1.82. The molecule has 0 radical (unpaired) electrons. The minimum atomic E-state index is -3.74. The van der Waals surface area contributed by atoms with Crippen molar-refractivity contribution in [3.63, 3.8) is 0 Å². The normalized spacial score (nSPS) is 14.0. The van der Waals surface area contributed by atoms with E-state index in [9.17, 15) is 13.2 Å². The zero-order valence-corrected chi connectivity index (χ0v) is 17.4. The number of fused-ring (bicyclic) bond motifs is 1. The molecule has 29 heavy (non-hydrogen) atoms. The van der Waals surface area contributed by atoms with Gasteiger partial charge in [-0.3, -0.25) is 9.10 Å². The standard InChI is InChI=1S/C20H24N2O6S/c1-4-26-17-8-5-15(6-9-17)21-20(23)14(2)22(29(3,24)25)16-7-10-18-19(13-16)28-12-11-27-18/h5-10,13-14H,4,11-12H2,1-3H3,(H,21,23)/t14-/m1/s1. The highest BCUT2D eigenvalue weighted by atomic mass is 32.2. The number of hydrogen-bond donors (Lipinski definition) is 1. The Kier molecular flexibility index (Phi) is 6.17. The van der Waals surface area contributed by atoms with E-state index in [-0.39, 0.29) is 0 Å². The second-order valence-electron chi connectivity index (χ2n) is 6.51. The second-order valence-corrected chi connectivity index (χ2v) is 8.37. The Morgan fingerprint density at radius 1 is 1.14 bits per heavy atom. The summed E-state index contributed by atoms with van der Waals surface area (Å²) >= 11 is 0. The van der Waals surface area contributed by atoms with Gasteiger partial charge in [0.25, 0.3) is 0 Å². The van der Waals surface area contributed by atoms with Crippen LogP contribution in [0.5, 0.6) is 17.2 Å². The van der Waals surface area contributed by atoms with E-state index in [1.165, 1.54) is 6.92 Å². The Bertz CT molecular complexity index is 975. The average molecular weight is 420 g/mol. The average Bonchev–Trinajstić information content (AvgIpc) is 2.68. The fraction of sp³-hybridized carbons (Fsp3) is 0.350. The molecule has 1 N–H and O–H groups in total. The number of ether oxygens (including phenoxy) is 3. The molecule has 0 aliphatic carbocycles. The second kappa shape index (κ2) is 8.60. The molecular weight excluding hydrogens is 396 g/mol. The third-order valence-electron chi connectivity index (χ3n) is 4.30. The van der Waals surface area contributed by atoms with Crippen molar-refractivity contribution in [1.82, 2.24) is 0 Å². The summed E-state index contributed by atoms with van der Waals surface area (Å²) in [5.74, 6) is 1.21. The summed E-state index contributed by atoms with van der Waals surface area (Å²) in [6.45, 7) is 4.77.